The van der Waals surface area contributed by atoms with Gasteiger partial charge in [-0.05, 0) is 18.8 Å². The zero-order valence-corrected chi connectivity index (χ0v) is 9.44. The first-order valence-corrected chi connectivity index (χ1v) is 5.68. The topological polar surface area (TPSA) is 17.1 Å². The van der Waals surface area contributed by atoms with Crippen molar-refractivity contribution < 1.29 is 4.79 Å². The van der Waals surface area contributed by atoms with Crippen molar-refractivity contribution in [1.29, 1.82) is 0 Å². The van der Waals surface area contributed by atoms with Gasteiger partial charge in [-0.15, -0.1) is 0 Å². The summed E-state index contributed by atoms with van der Waals surface area (Å²) in [5, 5.41) is 0. The van der Waals surface area contributed by atoms with Gasteiger partial charge < -0.3 is 0 Å². The molecule has 0 aromatic heterocycles. The first kappa shape index (κ1) is 12.7. The third-order valence-corrected chi connectivity index (χ3v) is 2.30. The van der Waals surface area contributed by atoms with Gasteiger partial charge in [0.15, 0.2) is 0 Å². The van der Waals surface area contributed by atoms with Gasteiger partial charge in [0.1, 0.15) is 5.78 Å². The highest BCUT2D eigenvalue weighted by atomic mass is 16.1. The second-order valence-corrected chi connectivity index (χ2v) is 4.28. The number of carbonyl (C=O) groups is 1. The van der Waals surface area contributed by atoms with Gasteiger partial charge in [0.25, 0.3) is 0 Å². The largest absolute Gasteiger partial charge is 0.300 e. The van der Waals surface area contributed by atoms with Crippen LogP contribution in [-0.4, -0.2) is 5.78 Å². The highest BCUT2D eigenvalue weighted by molar-refractivity contribution is 5.78. The van der Waals surface area contributed by atoms with Crippen molar-refractivity contribution in [2.75, 3.05) is 0 Å². The molecule has 0 aromatic carbocycles. The van der Waals surface area contributed by atoms with Crippen LogP contribution in [0, 0.1) is 5.92 Å². The molecule has 0 amide bonds. The molecule has 0 heterocycles. The Labute approximate surface area is 82.9 Å². The van der Waals surface area contributed by atoms with Gasteiger partial charge in [-0.1, -0.05) is 40.0 Å². The summed E-state index contributed by atoms with van der Waals surface area (Å²) in [6.07, 6.45) is 7.41. The molecule has 0 rings (SSSR count). The minimum absolute atomic E-state index is 0.464. The van der Waals surface area contributed by atoms with Crippen molar-refractivity contribution in [2.45, 2.75) is 65.7 Å². The van der Waals surface area contributed by atoms with Crippen LogP contribution in [-0.2, 0) is 4.79 Å². The van der Waals surface area contributed by atoms with Gasteiger partial charge in [-0.3, -0.25) is 4.79 Å². The van der Waals surface area contributed by atoms with Crippen LogP contribution in [0.25, 0.3) is 0 Å². The molecule has 0 spiro atoms. The maximum atomic E-state index is 11.2. The molecule has 78 valence electrons. The van der Waals surface area contributed by atoms with E-state index in [-0.39, 0.29) is 0 Å². The Hall–Kier alpha value is -0.330. The van der Waals surface area contributed by atoms with Crippen LogP contribution in [0.3, 0.4) is 0 Å². The van der Waals surface area contributed by atoms with Gasteiger partial charge >= 0.3 is 0 Å². The second-order valence-electron chi connectivity index (χ2n) is 4.28. The van der Waals surface area contributed by atoms with E-state index in [1.54, 1.807) is 0 Å². The zero-order valence-electron chi connectivity index (χ0n) is 9.44. The van der Waals surface area contributed by atoms with E-state index in [2.05, 4.69) is 20.8 Å². The van der Waals surface area contributed by atoms with Crippen LogP contribution in [0.15, 0.2) is 0 Å². The molecule has 0 aliphatic rings. The maximum Gasteiger partial charge on any atom is 0.132 e. The van der Waals surface area contributed by atoms with Gasteiger partial charge in [-0.25, -0.2) is 0 Å². The van der Waals surface area contributed by atoms with Crippen molar-refractivity contribution >= 4 is 5.78 Å². The molecule has 0 unspecified atom stereocenters. The summed E-state index contributed by atoms with van der Waals surface area (Å²) in [6, 6.07) is 0. The van der Waals surface area contributed by atoms with Crippen molar-refractivity contribution in [1.82, 2.24) is 0 Å². The Morgan fingerprint density at radius 3 is 2.23 bits per heavy atom. The molecule has 1 nitrogen and oxygen atoms in total. The summed E-state index contributed by atoms with van der Waals surface area (Å²) in [7, 11) is 0. The summed E-state index contributed by atoms with van der Waals surface area (Å²) < 4.78 is 0. The molecule has 0 radical (unpaired) electrons. The summed E-state index contributed by atoms with van der Waals surface area (Å²) in [4.78, 5) is 11.2. The lowest BCUT2D eigenvalue weighted by Crippen LogP contribution is -1.97. The smallest absolute Gasteiger partial charge is 0.132 e. The molecular formula is C12H24O. The molecule has 0 atom stereocenters. The number of hydrogen-bond acceptors (Lipinski definition) is 1. The third-order valence-electron chi connectivity index (χ3n) is 2.30. The van der Waals surface area contributed by atoms with E-state index in [1.807, 2.05) is 0 Å². The van der Waals surface area contributed by atoms with E-state index >= 15 is 0 Å². The molecule has 0 aromatic rings. The predicted octanol–water partition coefficient (Wildman–Crippen LogP) is 3.96. The Balaban J connectivity index is 3.17. The van der Waals surface area contributed by atoms with Crippen molar-refractivity contribution in [2.24, 2.45) is 5.92 Å². The van der Waals surface area contributed by atoms with E-state index in [1.165, 1.54) is 12.8 Å². The number of rotatable bonds is 8. The second kappa shape index (κ2) is 8.28. The minimum Gasteiger partial charge on any atom is -0.300 e. The molecular weight excluding hydrogens is 160 g/mol. The normalized spacial score (nSPS) is 10.8. The SMILES string of the molecule is CCCCC(=O)CCCCC(C)C. The number of hydrogen-bond donors (Lipinski definition) is 0. The fourth-order valence-corrected chi connectivity index (χ4v) is 1.37. The van der Waals surface area contributed by atoms with E-state index < -0.39 is 0 Å². The molecule has 0 bridgehead atoms. The lowest BCUT2D eigenvalue weighted by atomic mass is 10.0. The Kier molecular flexibility index (Phi) is 8.07. The monoisotopic (exact) mass is 184 g/mol. The summed E-state index contributed by atoms with van der Waals surface area (Å²) >= 11 is 0. The average molecular weight is 184 g/mol. The lowest BCUT2D eigenvalue weighted by molar-refractivity contribution is -0.119. The van der Waals surface area contributed by atoms with Gasteiger partial charge in [0.2, 0.25) is 0 Å². The number of carbonyl (C=O) groups excluding carboxylic acids is 1. The predicted molar refractivity (Wildman–Crippen MR) is 57.8 cm³/mol. The molecule has 13 heavy (non-hydrogen) atoms. The summed E-state index contributed by atoms with van der Waals surface area (Å²) in [5.41, 5.74) is 0. The van der Waals surface area contributed by atoms with Crippen molar-refractivity contribution in [3.05, 3.63) is 0 Å². The van der Waals surface area contributed by atoms with Crippen LogP contribution in [0.2, 0.25) is 0 Å². The van der Waals surface area contributed by atoms with Gasteiger partial charge in [0.05, 0.1) is 0 Å². The number of unbranched alkanes of at least 4 members (excludes halogenated alkanes) is 2. The number of ketones is 1. The third kappa shape index (κ3) is 9.59. The van der Waals surface area contributed by atoms with Crippen LogP contribution in [0.4, 0.5) is 0 Å². The van der Waals surface area contributed by atoms with E-state index in [4.69, 9.17) is 0 Å². The quantitative estimate of drug-likeness (QED) is 0.522. The molecule has 0 saturated heterocycles. The lowest BCUT2D eigenvalue weighted by Gasteiger charge is -2.03. The number of Topliss-reactive ketones (excluding diaryl/α,β-unsaturated/α-hetero) is 1. The van der Waals surface area contributed by atoms with Gasteiger partial charge in [0, 0.05) is 12.8 Å². The van der Waals surface area contributed by atoms with Crippen molar-refractivity contribution in [3.8, 4) is 0 Å². The first-order valence-electron chi connectivity index (χ1n) is 5.68. The highest BCUT2D eigenvalue weighted by Gasteiger charge is 2.01. The standard InChI is InChI=1S/C12H24O/c1-4-5-9-12(13)10-7-6-8-11(2)3/h11H,4-10H2,1-3H3. The molecule has 0 fully saturated rings. The minimum atomic E-state index is 0.464. The summed E-state index contributed by atoms with van der Waals surface area (Å²) in [5.74, 6) is 1.25. The van der Waals surface area contributed by atoms with Crippen LogP contribution in [0.1, 0.15) is 65.7 Å². The molecule has 0 saturated carbocycles. The fourth-order valence-electron chi connectivity index (χ4n) is 1.37. The van der Waals surface area contributed by atoms with Gasteiger partial charge in [-0.2, -0.15) is 0 Å². The van der Waals surface area contributed by atoms with E-state index in [0.717, 1.165) is 38.0 Å². The Morgan fingerprint density at radius 2 is 1.69 bits per heavy atom. The molecule has 0 aliphatic carbocycles. The maximum absolute atomic E-state index is 11.2. The van der Waals surface area contributed by atoms with E-state index in [9.17, 15) is 4.79 Å². The zero-order chi connectivity index (χ0) is 10.1. The van der Waals surface area contributed by atoms with Crippen molar-refractivity contribution in [3.63, 3.8) is 0 Å². The average Bonchev–Trinajstić information content (AvgIpc) is 2.08. The highest BCUT2D eigenvalue weighted by Crippen LogP contribution is 2.09. The van der Waals surface area contributed by atoms with Crippen LogP contribution in [0.5, 0.6) is 0 Å². The van der Waals surface area contributed by atoms with E-state index in [0.29, 0.717) is 5.78 Å². The Morgan fingerprint density at radius 1 is 1.08 bits per heavy atom. The summed E-state index contributed by atoms with van der Waals surface area (Å²) in [6.45, 7) is 6.60. The Bertz CT molecular complexity index is 127. The molecule has 1 heteroatoms. The van der Waals surface area contributed by atoms with Crippen LogP contribution < -0.4 is 0 Å². The molecule has 0 N–H and O–H groups in total. The molecule has 0 aliphatic heterocycles. The first-order chi connectivity index (χ1) is 6.16. The van der Waals surface area contributed by atoms with Crippen LogP contribution >= 0.6 is 0 Å². The fraction of sp³-hybridized carbons (Fsp3) is 0.917.